The lowest BCUT2D eigenvalue weighted by Gasteiger charge is -2.18. The lowest BCUT2D eigenvalue weighted by atomic mass is 10.1. The van der Waals surface area contributed by atoms with Crippen LogP contribution in [0.25, 0.3) is 0 Å². The highest BCUT2D eigenvalue weighted by molar-refractivity contribution is 5.72. The van der Waals surface area contributed by atoms with E-state index in [2.05, 4.69) is 191 Å². The molecule has 1 unspecified atom stereocenters. The van der Waals surface area contributed by atoms with E-state index >= 15 is 0 Å². The molecule has 0 amide bonds. The topological polar surface area (TPSA) is 78.9 Å². The zero-order valence-corrected chi connectivity index (χ0v) is 51.7. The summed E-state index contributed by atoms with van der Waals surface area (Å²) in [5, 5.41) is 0. The second-order valence-electron chi connectivity index (χ2n) is 20.6. The molecule has 6 heteroatoms. The van der Waals surface area contributed by atoms with Crippen LogP contribution in [0.1, 0.15) is 252 Å². The molecule has 0 spiro atoms. The number of rotatable bonds is 56. The quantitative estimate of drug-likeness (QED) is 0.0261. The molecule has 0 aliphatic heterocycles. The standard InChI is InChI=1S/C75H116O6/c1-4-7-10-13-16-19-22-25-28-29-30-31-32-33-34-35-36-37-38-39-40-41-42-43-44-45-48-50-53-56-59-62-65-68-74(77)80-71-72(81-75(78)69-66-63-60-57-54-51-47-27-24-21-18-15-12-9-6-3)70-79-73(76)67-64-61-58-55-52-49-46-26-23-20-17-14-11-8-5-2/h7,9-10,12,16-21,25-28,30-31,33-34,36-37,39-40,42-43,46-47,54,57,63,66,72H,4-6,8,11,13-15,22-24,29,32,35,38,41,44-45,48-53,55-56,58-62,64-65,67-71H2,1-3H3/b10-7-,12-9-,19-16-,20-17-,21-18-,28-25-,31-30-,34-33-,37-36-,40-39-,43-42-,46-26-,47-27-,57-54-,66-63-. The minimum absolute atomic E-state index is 0.0834. The van der Waals surface area contributed by atoms with Crippen LogP contribution in [0.2, 0.25) is 0 Å². The fraction of sp³-hybridized carbons (Fsp3) is 0.560. The zero-order chi connectivity index (χ0) is 58.5. The minimum atomic E-state index is -0.852. The molecule has 0 saturated heterocycles. The van der Waals surface area contributed by atoms with E-state index in [-0.39, 0.29) is 31.6 Å². The summed E-state index contributed by atoms with van der Waals surface area (Å²) in [5.74, 6) is -1.09. The van der Waals surface area contributed by atoms with Gasteiger partial charge in [-0.2, -0.15) is 0 Å². The van der Waals surface area contributed by atoms with Crippen molar-refractivity contribution in [3.8, 4) is 0 Å². The predicted octanol–water partition coefficient (Wildman–Crippen LogP) is 22.4. The van der Waals surface area contributed by atoms with Crippen LogP contribution in [0.15, 0.2) is 182 Å². The average Bonchev–Trinajstić information content (AvgIpc) is 3.47. The van der Waals surface area contributed by atoms with Crippen molar-refractivity contribution in [2.45, 2.75) is 258 Å². The monoisotopic (exact) mass is 1110 g/mol. The molecule has 1 atom stereocenters. The normalized spacial score (nSPS) is 13.4. The first-order valence-electron chi connectivity index (χ1n) is 32.3. The second kappa shape index (κ2) is 67.0. The van der Waals surface area contributed by atoms with Gasteiger partial charge in [-0.1, -0.05) is 274 Å². The second-order valence-corrected chi connectivity index (χ2v) is 20.6. The molecule has 0 radical (unpaired) electrons. The summed E-state index contributed by atoms with van der Waals surface area (Å²) in [6.07, 6.45) is 101. The van der Waals surface area contributed by atoms with Gasteiger partial charge in [0, 0.05) is 12.8 Å². The molecule has 0 saturated carbocycles. The number of ether oxygens (including phenoxy) is 3. The van der Waals surface area contributed by atoms with Crippen molar-refractivity contribution in [3.63, 3.8) is 0 Å². The smallest absolute Gasteiger partial charge is 0.310 e. The van der Waals surface area contributed by atoms with Crippen LogP contribution in [0.4, 0.5) is 0 Å². The highest BCUT2D eigenvalue weighted by atomic mass is 16.6. The van der Waals surface area contributed by atoms with E-state index in [1.165, 1.54) is 57.8 Å². The summed E-state index contributed by atoms with van der Waals surface area (Å²) < 4.78 is 16.8. The first-order valence-corrected chi connectivity index (χ1v) is 32.3. The highest BCUT2D eigenvalue weighted by Gasteiger charge is 2.19. The third kappa shape index (κ3) is 65.2. The van der Waals surface area contributed by atoms with Gasteiger partial charge in [0.05, 0.1) is 6.42 Å². The zero-order valence-electron chi connectivity index (χ0n) is 51.7. The van der Waals surface area contributed by atoms with E-state index in [0.717, 1.165) is 148 Å². The molecule has 0 aromatic carbocycles. The summed E-state index contributed by atoms with van der Waals surface area (Å²) in [6, 6.07) is 0. The van der Waals surface area contributed by atoms with Crippen molar-refractivity contribution in [3.05, 3.63) is 182 Å². The highest BCUT2D eigenvalue weighted by Crippen LogP contribution is 2.13. The molecule has 6 nitrogen and oxygen atoms in total. The molecule has 0 aliphatic rings. The van der Waals surface area contributed by atoms with Crippen LogP contribution in [-0.4, -0.2) is 37.2 Å². The Morgan fingerprint density at radius 1 is 0.272 bits per heavy atom. The Hall–Kier alpha value is -5.49. The summed E-state index contributed by atoms with van der Waals surface area (Å²) in [7, 11) is 0. The van der Waals surface area contributed by atoms with Crippen LogP contribution in [0, 0.1) is 0 Å². The van der Waals surface area contributed by atoms with Crippen LogP contribution in [0.5, 0.6) is 0 Å². The molecule has 0 aromatic rings. The van der Waals surface area contributed by atoms with Crippen molar-refractivity contribution >= 4 is 17.9 Å². The largest absolute Gasteiger partial charge is 0.462 e. The van der Waals surface area contributed by atoms with Gasteiger partial charge in [-0.3, -0.25) is 14.4 Å². The first-order chi connectivity index (χ1) is 40.0. The Morgan fingerprint density at radius 2 is 0.519 bits per heavy atom. The van der Waals surface area contributed by atoms with Crippen molar-refractivity contribution in [2.75, 3.05) is 13.2 Å². The lowest BCUT2D eigenvalue weighted by molar-refractivity contribution is -0.166. The van der Waals surface area contributed by atoms with Gasteiger partial charge in [0.25, 0.3) is 0 Å². The first kappa shape index (κ1) is 75.5. The fourth-order valence-corrected chi connectivity index (χ4v) is 8.15. The molecule has 0 N–H and O–H groups in total. The van der Waals surface area contributed by atoms with Gasteiger partial charge in [-0.25, -0.2) is 0 Å². The number of allylic oxidation sites excluding steroid dienone is 29. The minimum Gasteiger partial charge on any atom is -0.462 e. The Morgan fingerprint density at radius 3 is 0.815 bits per heavy atom. The maximum Gasteiger partial charge on any atom is 0.310 e. The third-order valence-corrected chi connectivity index (χ3v) is 12.9. The predicted molar refractivity (Wildman–Crippen MR) is 352 cm³/mol. The van der Waals surface area contributed by atoms with Crippen LogP contribution >= 0.6 is 0 Å². The van der Waals surface area contributed by atoms with Gasteiger partial charge < -0.3 is 14.2 Å². The molecule has 0 rings (SSSR count). The van der Waals surface area contributed by atoms with E-state index in [1.54, 1.807) is 6.08 Å². The maximum absolute atomic E-state index is 12.8. The van der Waals surface area contributed by atoms with Crippen LogP contribution in [0.3, 0.4) is 0 Å². The summed E-state index contributed by atoms with van der Waals surface area (Å²) in [6.45, 7) is 6.27. The van der Waals surface area contributed by atoms with E-state index < -0.39 is 12.1 Å². The summed E-state index contributed by atoms with van der Waals surface area (Å²) in [4.78, 5) is 38.2. The number of unbranched alkanes of at least 4 members (excludes halogenated alkanes) is 16. The molecule has 0 fully saturated rings. The molecule has 81 heavy (non-hydrogen) atoms. The summed E-state index contributed by atoms with van der Waals surface area (Å²) in [5.41, 5.74) is 0. The molecule has 0 heterocycles. The van der Waals surface area contributed by atoms with Crippen molar-refractivity contribution in [1.29, 1.82) is 0 Å². The Labute approximate surface area is 497 Å². The SMILES string of the molecule is CC/C=C\C/C=C\C/C=C\C/C=C\C/C=C\C/C=C\C/C=C\C/C=C\CCCCCCCCCCC(=O)OCC(COC(=O)CCCCCCC/C=C\C/C=C\CCCCC)OC(=O)C/C=C\C/C=C\C/C=C\C/C=C\C/C=C\CC. The fourth-order valence-electron chi connectivity index (χ4n) is 8.15. The van der Waals surface area contributed by atoms with Gasteiger partial charge in [0.2, 0.25) is 0 Å². The lowest BCUT2D eigenvalue weighted by Crippen LogP contribution is -2.30. The summed E-state index contributed by atoms with van der Waals surface area (Å²) >= 11 is 0. The van der Waals surface area contributed by atoms with Gasteiger partial charge in [-0.15, -0.1) is 0 Å². The van der Waals surface area contributed by atoms with Crippen LogP contribution in [-0.2, 0) is 28.6 Å². The number of carbonyl (C=O) groups excluding carboxylic acids is 3. The third-order valence-electron chi connectivity index (χ3n) is 12.9. The van der Waals surface area contributed by atoms with Gasteiger partial charge in [0.1, 0.15) is 13.2 Å². The van der Waals surface area contributed by atoms with Crippen molar-refractivity contribution < 1.29 is 28.6 Å². The van der Waals surface area contributed by atoms with Gasteiger partial charge >= 0.3 is 17.9 Å². The van der Waals surface area contributed by atoms with Crippen molar-refractivity contribution in [2.24, 2.45) is 0 Å². The van der Waals surface area contributed by atoms with Crippen molar-refractivity contribution in [1.82, 2.24) is 0 Å². The van der Waals surface area contributed by atoms with E-state index in [9.17, 15) is 14.4 Å². The Balaban J connectivity index is 4.39. The number of carbonyl (C=O) groups is 3. The van der Waals surface area contributed by atoms with Crippen LogP contribution < -0.4 is 0 Å². The number of hydrogen-bond donors (Lipinski definition) is 0. The Kier molecular flexibility index (Phi) is 62.5. The van der Waals surface area contributed by atoms with E-state index in [0.29, 0.717) is 19.3 Å². The molecule has 0 aromatic heterocycles. The number of esters is 3. The Bertz CT molecular complexity index is 1900. The average molecular weight is 1110 g/mol. The van der Waals surface area contributed by atoms with Gasteiger partial charge in [-0.05, 0) is 141 Å². The number of hydrogen-bond acceptors (Lipinski definition) is 6. The molecule has 0 aliphatic carbocycles. The molecular formula is C75H116O6. The molecule has 0 bridgehead atoms. The molecule has 452 valence electrons. The van der Waals surface area contributed by atoms with Gasteiger partial charge in [0.15, 0.2) is 6.10 Å². The van der Waals surface area contributed by atoms with E-state index in [4.69, 9.17) is 14.2 Å². The molecular weight excluding hydrogens is 997 g/mol. The maximum atomic E-state index is 12.8. The van der Waals surface area contributed by atoms with E-state index in [1.807, 2.05) is 6.08 Å².